The van der Waals surface area contributed by atoms with E-state index in [4.69, 9.17) is 5.73 Å². The van der Waals surface area contributed by atoms with Gasteiger partial charge in [0.05, 0.1) is 4.90 Å². The van der Waals surface area contributed by atoms with Crippen LogP contribution in [-0.4, -0.2) is 30.7 Å². The van der Waals surface area contributed by atoms with Crippen LogP contribution in [0.5, 0.6) is 0 Å². The summed E-state index contributed by atoms with van der Waals surface area (Å²) in [6.07, 6.45) is 0. The molecule has 1 atom stereocenters. The Morgan fingerprint density at radius 3 is 2.61 bits per heavy atom. The largest absolute Gasteiger partial charge is 0.399 e. The average Bonchev–Trinajstić information content (AvgIpc) is 2.27. The first-order valence-electron chi connectivity index (χ1n) is 5.26. The molecule has 0 bridgehead atoms. The Balaban J connectivity index is 2.77. The molecule has 0 fully saturated rings. The van der Waals surface area contributed by atoms with Crippen molar-refractivity contribution in [1.82, 2.24) is 4.72 Å². The minimum Gasteiger partial charge on any atom is -0.399 e. The normalized spacial score (nSPS) is 13.4. The van der Waals surface area contributed by atoms with Gasteiger partial charge in [0, 0.05) is 34.5 Å². The van der Waals surface area contributed by atoms with E-state index in [1.165, 1.54) is 6.07 Å². The molecule has 0 amide bonds. The zero-order chi connectivity index (χ0) is 13.8. The lowest BCUT2D eigenvalue weighted by Gasteiger charge is -2.07. The van der Waals surface area contributed by atoms with E-state index in [0.29, 0.717) is 5.75 Å². The fraction of sp³-hybridized carbons (Fsp3) is 0.400. The number of sulfonamides is 1. The van der Waals surface area contributed by atoms with E-state index in [9.17, 15) is 17.0 Å². The second-order valence-electron chi connectivity index (χ2n) is 3.55. The van der Waals surface area contributed by atoms with Gasteiger partial charge in [-0.15, -0.1) is 0 Å². The number of halogens is 1. The molecule has 0 saturated heterocycles. The highest BCUT2D eigenvalue weighted by molar-refractivity contribution is 7.89. The smallest absolute Gasteiger partial charge is 0.240 e. The molecule has 5 nitrogen and oxygen atoms in total. The first-order valence-corrected chi connectivity index (χ1v) is 8.23. The number of benzene rings is 1. The van der Waals surface area contributed by atoms with E-state index in [1.807, 2.05) is 0 Å². The molecule has 1 unspecified atom stereocenters. The van der Waals surface area contributed by atoms with Gasteiger partial charge in [-0.05, 0) is 18.2 Å². The Morgan fingerprint density at radius 2 is 2.06 bits per heavy atom. The quantitative estimate of drug-likeness (QED) is 0.746. The summed E-state index contributed by atoms with van der Waals surface area (Å²) in [5.74, 6) is -0.0256. The van der Waals surface area contributed by atoms with E-state index in [2.05, 4.69) is 4.72 Å². The average molecular weight is 294 g/mol. The van der Waals surface area contributed by atoms with E-state index in [-0.39, 0.29) is 22.9 Å². The lowest BCUT2D eigenvalue weighted by molar-refractivity contribution is 0.580. The van der Waals surface area contributed by atoms with Gasteiger partial charge in [0.2, 0.25) is 10.0 Å². The second kappa shape index (κ2) is 6.26. The summed E-state index contributed by atoms with van der Waals surface area (Å²) in [7, 11) is -4.87. The molecular formula is C10H15FN2O3S2. The van der Waals surface area contributed by atoms with Crippen molar-refractivity contribution in [3.8, 4) is 0 Å². The van der Waals surface area contributed by atoms with Crippen molar-refractivity contribution in [3.05, 3.63) is 24.0 Å². The standard InChI is InChI=1S/C10H15FN2O3S2/c1-2-17(14)4-3-13-18(15,16)10-6-8(11)5-9(12)7-10/h5-7,13H,2-4,12H2,1H3. The van der Waals surface area contributed by atoms with Crippen LogP contribution in [0.15, 0.2) is 23.1 Å². The molecule has 18 heavy (non-hydrogen) atoms. The van der Waals surface area contributed by atoms with Crippen LogP contribution in [0.1, 0.15) is 6.92 Å². The summed E-state index contributed by atoms with van der Waals surface area (Å²) in [5, 5.41) is 0. The molecule has 0 aliphatic heterocycles. The van der Waals surface area contributed by atoms with Crippen molar-refractivity contribution >= 4 is 26.5 Å². The molecule has 0 heterocycles. The Bertz CT molecular complexity index is 526. The van der Waals surface area contributed by atoms with Crippen molar-refractivity contribution in [1.29, 1.82) is 0 Å². The highest BCUT2D eigenvalue weighted by Crippen LogP contribution is 2.15. The van der Waals surface area contributed by atoms with Crippen molar-refractivity contribution < 1.29 is 17.0 Å². The SMILES string of the molecule is CCS(=O)CCNS(=O)(=O)c1cc(N)cc(F)c1. The molecule has 3 N–H and O–H groups in total. The zero-order valence-corrected chi connectivity index (χ0v) is 11.5. The number of nitrogens with one attached hydrogen (secondary N) is 1. The van der Waals surface area contributed by atoms with E-state index in [1.54, 1.807) is 6.92 Å². The number of nitrogen functional groups attached to an aromatic ring is 1. The van der Waals surface area contributed by atoms with Gasteiger partial charge in [-0.2, -0.15) is 0 Å². The summed E-state index contributed by atoms with van der Waals surface area (Å²) in [6.45, 7) is 1.79. The third kappa shape index (κ3) is 4.35. The number of nitrogens with two attached hydrogens (primary N) is 1. The van der Waals surface area contributed by atoms with Crippen molar-refractivity contribution in [2.45, 2.75) is 11.8 Å². The van der Waals surface area contributed by atoms with Gasteiger partial charge in [-0.3, -0.25) is 4.21 Å². The minimum atomic E-state index is -3.81. The number of anilines is 1. The Morgan fingerprint density at radius 1 is 1.39 bits per heavy atom. The molecule has 0 aliphatic carbocycles. The monoisotopic (exact) mass is 294 g/mol. The summed E-state index contributed by atoms with van der Waals surface area (Å²) < 4.78 is 50.0. The first-order chi connectivity index (χ1) is 8.35. The third-order valence-corrected chi connectivity index (χ3v) is 4.89. The van der Waals surface area contributed by atoms with Crippen molar-refractivity contribution in [2.24, 2.45) is 0 Å². The summed E-state index contributed by atoms with van der Waals surface area (Å²) in [4.78, 5) is -0.234. The Kier molecular flexibility index (Phi) is 5.24. The van der Waals surface area contributed by atoms with Crippen LogP contribution in [0.25, 0.3) is 0 Å². The van der Waals surface area contributed by atoms with Gasteiger partial charge in [-0.1, -0.05) is 6.92 Å². The highest BCUT2D eigenvalue weighted by atomic mass is 32.2. The molecule has 0 saturated carbocycles. The van der Waals surface area contributed by atoms with E-state index < -0.39 is 26.6 Å². The number of hydrogen-bond acceptors (Lipinski definition) is 4. The van der Waals surface area contributed by atoms with Crippen molar-refractivity contribution in [3.63, 3.8) is 0 Å². The molecule has 0 radical (unpaired) electrons. The summed E-state index contributed by atoms with van der Waals surface area (Å²) in [6, 6.07) is 3.09. The van der Waals surface area contributed by atoms with Crippen molar-refractivity contribution in [2.75, 3.05) is 23.8 Å². The Labute approximate surface area is 108 Å². The third-order valence-electron chi connectivity index (χ3n) is 2.15. The van der Waals surface area contributed by atoms with Crippen LogP contribution >= 0.6 is 0 Å². The van der Waals surface area contributed by atoms with Gasteiger partial charge in [0.15, 0.2) is 0 Å². The van der Waals surface area contributed by atoms with Crippen LogP contribution in [-0.2, 0) is 20.8 Å². The molecule has 102 valence electrons. The zero-order valence-electron chi connectivity index (χ0n) is 9.85. The van der Waals surface area contributed by atoms with Crippen LogP contribution in [0, 0.1) is 5.82 Å². The molecule has 0 aromatic heterocycles. The second-order valence-corrected chi connectivity index (χ2v) is 7.18. The predicted octanol–water partition coefficient (Wildman–Crippen LogP) is 0.455. The topological polar surface area (TPSA) is 89.3 Å². The van der Waals surface area contributed by atoms with Gasteiger partial charge in [0.25, 0.3) is 0 Å². The number of hydrogen-bond donors (Lipinski definition) is 2. The molecule has 0 spiro atoms. The maximum Gasteiger partial charge on any atom is 0.240 e. The molecule has 1 aromatic carbocycles. The molecule has 1 rings (SSSR count). The van der Waals surface area contributed by atoms with Crippen LogP contribution < -0.4 is 10.5 Å². The lowest BCUT2D eigenvalue weighted by atomic mass is 10.3. The van der Waals surface area contributed by atoms with Crippen LogP contribution in [0.4, 0.5) is 10.1 Å². The molecule has 1 aromatic rings. The summed E-state index contributed by atoms with van der Waals surface area (Å²) >= 11 is 0. The Hall–Kier alpha value is -0.990. The van der Waals surface area contributed by atoms with E-state index >= 15 is 0 Å². The first kappa shape index (κ1) is 15.1. The van der Waals surface area contributed by atoms with Gasteiger partial charge < -0.3 is 5.73 Å². The maximum atomic E-state index is 13.0. The summed E-state index contributed by atoms with van der Waals surface area (Å²) in [5.41, 5.74) is 5.41. The van der Waals surface area contributed by atoms with Gasteiger partial charge in [0.1, 0.15) is 5.82 Å². The number of rotatable bonds is 6. The highest BCUT2D eigenvalue weighted by Gasteiger charge is 2.15. The predicted molar refractivity (Wildman–Crippen MR) is 69.6 cm³/mol. The maximum absolute atomic E-state index is 13.0. The van der Waals surface area contributed by atoms with Crippen LogP contribution in [0.3, 0.4) is 0 Å². The molecular weight excluding hydrogens is 279 g/mol. The van der Waals surface area contributed by atoms with Gasteiger partial charge in [-0.25, -0.2) is 17.5 Å². The lowest BCUT2D eigenvalue weighted by Crippen LogP contribution is -2.28. The van der Waals surface area contributed by atoms with Gasteiger partial charge >= 0.3 is 0 Å². The molecule has 8 heteroatoms. The molecule has 0 aliphatic rings. The van der Waals surface area contributed by atoms with Crippen LogP contribution in [0.2, 0.25) is 0 Å². The minimum absolute atomic E-state index is 0.0347. The fourth-order valence-electron chi connectivity index (χ4n) is 1.26. The van der Waals surface area contributed by atoms with E-state index in [0.717, 1.165) is 12.1 Å². The fourth-order valence-corrected chi connectivity index (χ4v) is 3.10.